The zero-order valence-corrected chi connectivity index (χ0v) is 19.0. The predicted molar refractivity (Wildman–Crippen MR) is 122 cm³/mol. The van der Waals surface area contributed by atoms with Crippen molar-refractivity contribution in [1.82, 2.24) is 29.9 Å². The molecule has 160 valence electrons. The Balaban J connectivity index is 1.52. The third-order valence-corrected chi connectivity index (χ3v) is 6.69. The fourth-order valence-corrected chi connectivity index (χ4v) is 4.70. The maximum atomic E-state index is 12.8. The highest BCUT2D eigenvalue weighted by molar-refractivity contribution is 7.15. The highest BCUT2D eigenvalue weighted by atomic mass is 32.1. The normalized spacial score (nSPS) is 12.3. The second-order valence-corrected chi connectivity index (χ2v) is 8.77. The summed E-state index contributed by atoms with van der Waals surface area (Å²) >= 11 is 1.61. The molecular weight excluding hydrogens is 410 g/mol. The molecule has 0 aliphatic carbocycles. The number of carbonyl (C=O) groups is 1. The molecule has 0 aliphatic heterocycles. The number of thiazole rings is 1. The molecule has 3 N–H and O–H groups in total. The summed E-state index contributed by atoms with van der Waals surface area (Å²) in [5.74, 6) is 0.516. The van der Waals surface area contributed by atoms with E-state index in [9.17, 15) is 4.79 Å². The number of carbonyl (C=O) groups excluding carboxylic acids is 1. The zero-order chi connectivity index (χ0) is 22.3. The van der Waals surface area contributed by atoms with Crippen LogP contribution in [0.15, 0.2) is 24.3 Å². The van der Waals surface area contributed by atoms with Crippen molar-refractivity contribution in [3.05, 3.63) is 57.4 Å². The van der Waals surface area contributed by atoms with Crippen LogP contribution in [0.2, 0.25) is 0 Å². The first-order chi connectivity index (χ1) is 14.7. The summed E-state index contributed by atoms with van der Waals surface area (Å²) in [6, 6.07) is 8.16. The van der Waals surface area contributed by atoms with Gasteiger partial charge in [0, 0.05) is 22.5 Å². The maximum Gasteiger partial charge on any atom is 0.254 e. The van der Waals surface area contributed by atoms with E-state index in [1.165, 1.54) is 5.56 Å². The molecule has 0 aliphatic rings. The standard InChI is InChI=1S/C22H25N7OS/c1-11-6-8-16(9-7-11)20-25-14(4)19(31-20)13(3)24-18(30)10-17-12(2)26-22-27-21(23)28-29(22)15(17)5/h6-9,13H,10H2,1-5H3,(H2,23,28)(H,24,30). The van der Waals surface area contributed by atoms with Gasteiger partial charge in [0.05, 0.1) is 23.0 Å². The second kappa shape index (κ2) is 8.07. The van der Waals surface area contributed by atoms with Crippen LogP contribution < -0.4 is 11.1 Å². The minimum absolute atomic E-state index is 0.0855. The number of nitrogens with two attached hydrogens (primary N) is 1. The summed E-state index contributed by atoms with van der Waals surface area (Å²) in [5, 5.41) is 8.22. The predicted octanol–water partition coefficient (Wildman–Crippen LogP) is 3.48. The van der Waals surface area contributed by atoms with Crippen LogP contribution in [0.4, 0.5) is 5.95 Å². The maximum absolute atomic E-state index is 12.8. The molecular formula is C22H25N7OS. The van der Waals surface area contributed by atoms with Crippen molar-refractivity contribution in [3.8, 4) is 10.6 Å². The van der Waals surface area contributed by atoms with Gasteiger partial charge in [-0.2, -0.15) is 9.50 Å². The minimum Gasteiger partial charge on any atom is -0.366 e. The Morgan fingerprint density at radius 1 is 1.10 bits per heavy atom. The number of nitrogen functional groups attached to an aromatic ring is 1. The van der Waals surface area contributed by atoms with Crippen LogP contribution in [0.1, 0.15) is 46.1 Å². The van der Waals surface area contributed by atoms with Gasteiger partial charge in [0.1, 0.15) is 5.01 Å². The number of aromatic nitrogens is 5. The van der Waals surface area contributed by atoms with Gasteiger partial charge in [-0.3, -0.25) is 4.79 Å². The fourth-order valence-electron chi connectivity index (χ4n) is 3.63. The number of hydrogen-bond donors (Lipinski definition) is 2. The van der Waals surface area contributed by atoms with E-state index >= 15 is 0 Å². The van der Waals surface area contributed by atoms with E-state index in [4.69, 9.17) is 10.7 Å². The molecule has 1 atom stereocenters. The molecule has 0 saturated carbocycles. The van der Waals surface area contributed by atoms with E-state index in [1.54, 1.807) is 15.9 Å². The van der Waals surface area contributed by atoms with E-state index in [2.05, 4.69) is 51.6 Å². The van der Waals surface area contributed by atoms with Crippen molar-refractivity contribution in [2.24, 2.45) is 0 Å². The van der Waals surface area contributed by atoms with Crippen LogP contribution in [-0.4, -0.2) is 30.5 Å². The number of amides is 1. The van der Waals surface area contributed by atoms with E-state index in [1.807, 2.05) is 27.7 Å². The smallest absolute Gasteiger partial charge is 0.254 e. The first-order valence-electron chi connectivity index (χ1n) is 10.0. The molecule has 1 amide bonds. The number of hydrogen-bond acceptors (Lipinski definition) is 7. The van der Waals surface area contributed by atoms with E-state index in [-0.39, 0.29) is 24.3 Å². The summed E-state index contributed by atoms with van der Waals surface area (Å²) in [5.41, 5.74) is 11.3. The van der Waals surface area contributed by atoms with Crippen molar-refractivity contribution in [2.75, 3.05) is 5.73 Å². The van der Waals surface area contributed by atoms with Crippen molar-refractivity contribution in [3.63, 3.8) is 0 Å². The minimum atomic E-state index is -0.150. The molecule has 0 radical (unpaired) electrons. The number of anilines is 1. The molecule has 9 heteroatoms. The lowest BCUT2D eigenvalue weighted by Gasteiger charge is -2.15. The molecule has 1 aromatic carbocycles. The lowest BCUT2D eigenvalue weighted by Crippen LogP contribution is -2.29. The lowest BCUT2D eigenvalue weighted by atomic mass is 10.1. The van der Waals surface area contributed by atoms with Gasteiger partial charge in [-0.15, -0.1) is 16.4 Å². The Hall–Kier alpha value is -3.33. The summed E-state index contributed by atoms with van der Waals surface area (Å²) in [6.07, 6.45) is 0.202. The van der Waals surface area contributed by atoms with Gasteiger partial charge in [-0.05, 0) is 34.6 Å². The Morgan fingerprint density at radius 3 is 2.52 bits per heavy atom. The van der Waals surface area contributed by atoms with Crippen LogP contribution in [-0.2, 0) is 11.2 Å². The molecule has 31 heavy (non-hydrogen) atoms. The van der Waals surface area contributed by atoms with Crippen LogP contribution in [0, 0.1) is 27.7 Å². The van der Waals surface area contributed by atoms with Crippen LogP contribution in [0.5, 0.6) is 0 Å². The topological polar surface area (TPSA) is 111 Å². The largest absolute Gasteiger partial charge is 0.366 e. The van der Waals surface area contributed by atoms with E-state index in [0.717, 1.165) is 38.1 Å². The molecule has 4 rings (SSSR count). The molecule has 8 nitrogen and oxygen atoms in total. The number of rotatable bonds is 5. The first-order valence-corrected chi connectivity index (χ1v) is 10.9. The van der Waals surface area contributed by atoms with Gasteiger partial charge in [-0.25, -0.2) is 9.97 Å². The van der Waals surface area contributed by atoms with Crippen molar-refractivity contribution < 1.29 is 4.79 Å². The van der Waals surface area contributed by atoms with Gasteiger partial charge < -0.3 is 11.1 Å². The molecule has 0 spiro atoms. The summed E-state index contributed by atoms with van der Waals surface area (Å²) in [7, 11) is 0. The number of aryl methyl sites for hydroxylation is 4. The van der Waals surface area contributed by atoms with Crippen LogP contribution in [0.3, 0.4) is 0 Å². The van der Waals surface area contributed by atoms with Crippen LogP contribution >= 0.6 is 11.3 Å². The zero-order valence-electron chi connectivity index (χ0n) is 18.2. The quantitative estimate of drug-likeness (QED) is 0.496. The SMILES string of the molecule is Cc1ccc(-c2nc(C)c(C(C)NC(=O)Cc3c(C)nc4nc(N)nn4c3C)s2)cc1. The molecule has 0 bridgehead atoms. The van der Waals surface area contributed by atoms with Crippen LogP contribution in [0.25, 0.3) is 16.3 Å². The average molecular weight is 436 g/mol. The molecule has 3 aromatic heterocycles. The number of nitrogens with zero attached hydrogens (tertiary/aromatic N) is 5. The summed E-state index contributed by atoms with van der Waals surface area (Å²) in [6.45, 7) is 9.78. The van der Waals surface area contributed by atoms with E-state index < -0.39 is 0 Å². The Bertz CT molecular complexity index is 1270. The molecule has 4 aromatic rings. The number of nitrogens with one attached hydrogen (secondary N) is 1. The Labute approximate surface area is 184 Å². The van der Waals surface area contributed by atoms with Gasteiger partial charge in [0.25, 0.3) is 5.78 Å². The van der Waals surface area contributed by atoms with Gasteiger partial charge in [0.2, 0.25) is 11.9 Å². The van der Waals surface area contributed by atoms with Crippen molar-refractivity contribution in [1.29, 1.82) is 0 Å². The van der Waals surface area contributed by atoms with Gasteiger partial charge in [0.15, 0.2) is 0 Å². The van der Waals surface area contributed by atoms with Crippen molar-refractivity contribution in [2.45, 2.75) is 47.1 Å². The highest BCUT2D eigenvalue weighted by Crippen LogP contribution is 2.32. The molecule has 1 unspecified atom stereocenters. The number of benzene rings is 1. The van der Waals surface area contributed by atoms with Gasteiger partial charge >= 0.3 is 0 Å². The molecule has 0 fully saturated rings. The highest BCUT2D eigenvalue weighted by Gasteiger charge is 2.20. The second-order valence-electron chi connectivity index (χ2n) is 7.74. The molecule has 3 heterocycles. The van der Waals surface area contributed by atoms with Gasteiger partial charge in [-0.1, -0.05) is 29.8 Å². The summed E-state index contributed by atoms with van der Waals surface area (Å²) in [4.78, 5) is 27.1. The van der Waals surface area contributed by atoms with Crippen molar-refractivity contribution >= 4 is 29.0 Å². The number of fused-ring (bicyclic) bond motifs is 1. The Morgan fingerprint density at radius 2 is 1.81 bits per heavy atom. The molecule has 0 saturated heterocycles. The van der Waals surface area contributed by atoms with E-state index in [0.29, 0.717) is 5.78 Å². The third kappa shape index (κ3) is 4.13. The fraction of sp³-hybridized carbons (Fsp3) is 0.318. The third-order valence-electron chi connectivity index (χ3n) is 5.30. The monoisotopic (exact) mass is 435 g/mol. The summed E-state index contributed by atoms with van der Waals surface area (Å²) < 4.78 is 1.58. The Kier molecular flexibility index (Phi) is 5.45. The average Bonchev–Trinajstić information content (AvgIpc) is 3.28. The first kappa shape index (κ1) is 20.9. The lowest BCUT2D eigenvalue weighted by molar-refractivity contribution is -0.121.